The van der Waals surface area contributed by atoms with E-state index in [4.69, 9.17) is 0 Å². The van der Waals surface area contributed by atoms with Crippen LogP contribution in [0.25, 0.3) is 0 Å². The molecule has 0 aliphatic rings. The van der Waals surface area contributed by atoms with E-state index in [1.54, 1.807) is 0 Å². The quantitative estimate of drug-likeness (QED) is 0.0616. The number of rotatable bonds is 8. The molecule has 8 aromatic rings. The predicted molar refractivity (Wildman–Crippen MR) is 224 cm³/mol. The Hall–Kier alpha value is -8.10. The summed E-state index contributed by atoms with van der Waals surface area (Å²) in [6.45, 7) is 0. The minimum absolute atomic E-state index is 2.72. The number of hydrogen-bond donors (Lipinski definition) is 0. The van der Waals surface area contributed by atoms with Crippen molar-refractivity contribution in [3.05, 3.63) is 233 Å². The molecule has 0 N–H and O–H groups in total. The normalized spacial score (nSPS) is 11.8. The van der Waals surface area contributed by atoms with E-state index >= 15 is 70.2 Å². The zero-order chi connectivity index (χ0) is 70.7. The van der Waals surface area contributed by atoms with Crippen molar-refractivity contribution in [2.45, 2.75) is 0 Å². The molecule has 0 bridgehead atoms. The van der Waals surface area contributed by atoms with E-state index in [1.807, 2.05) is 0 Å². The van der Waals surface area contributed by atoms with E-state index in [0.717, 1.165) is 0 Å². The summed E-state index contributed by atoms with van der Waals surface area (Å²) < 4.78 is 588. The van der Waals surface area contributed by atoms with Gasteiger partial charge in [0.25, 0.3) is 0 Å². The molecule has 8 aromatic carbocycles. The molecule has 0 saturated carbocycles. The van der Waals surface area contributed by atoms with Crippen LogP contribution < -0.4 is 43.7 Å². The van der Waals surface area contributed by atoms with Gasteiger partial charge in [0.15, 0.2) is 140 Å². The number of hydrogen-bond acceptors (Lipinski definition) is 0. The second-order valence-corrected chi connectivity index (χ2v) is 17.6. The van der Waals surface area contributed by atoms with Gasteiger partial charge in [0.1, 0.15) is 105 Å². The first kappa shape index (κ1) is 73.0. The van der Waals surface area contributed by atoms with Crippen molar-refractivity contribution in [2.24, 2.45) is 0 Å². The first-order valence-corrected chi connectivity index (χ1v) is 23.5. The molecule has 0 aliphatic heterocycles. The number of halogens is 41. The summed E-state index contributed by atoms with van der Waals surface area (Å²) in [5.41, 5.74) is -28.7. The van der Waals surface area contributed by atoms with Gasteiger partial charge in [-0.25, -0.2) is 176 Å². The molecule has 0 aromatic heterocycles. The fourth-order valence-corrected chi connectivity index (χ4v) is 9.75. The van der Waals surface area contributed by atoms with Crippen LogP contribution in [0.3, 0.4) is 0 Å². The van der Waals surface area contributed by atoms with Crippen molar-refractivity contribution in [3.8, 4) is 0 Å². The topological polar surface area (TPSA) is 0 Å². The number of benzene rings is 8. The van der Waals surface area contributed by atoms with Gasteiger partial charge in [0.2, 0.25) is 0 Å². The molecule has 0 aliphatic carbocycles. The molecule has 493 valence electrons. The standard InChI is InChI=1S/2C24BF20.ClH.Fe/c2*26-5-1(6(27)14(35)21(42)13(5)34)25(2-7(28)15(36)22(43)16(37)8(2)29,3-9(30)17(38)23(44)18(39)10(3)31)4-11(32)19(40)24(45)20(41)12(4)33;;/h;;1H;/q2*-1;;+3/p-1. The molecular weight excluding hydrogens is 1450 g/mol. The average molecular weight is 1450 g/mol. The Morgan fingerprint density at radius 3 is 0.207 bits per heavy atom. The Morgan fingerprint density at radius 1 is 0.109 bits per heavy atom. The molecule has 0 unspecified atom stereocenters. The van der Waals surface area contributed by atoms with Crippen molar-refractivity contribution >= 4 is 66.1 Å². The van der Waals surface area contributed by atoms with E-state index in [0.29, 0.717) is 0 Å². The van der Waals surface area contributed by atoms with Gasteiger partial charge in [0, 0.05) is 0 Å². The molecule has 0 heterocycles. The Bertz CT molecular complexity index is 3440. The van der Waals surface area contributed by atoms with Gasteiger partial charge in [-0.05, 0) is 0 Å². The molecule has 0 atom stereocenters. The van der Waals surface area contributed by atoms with Gasteiger partial charge in [-0.3, -0.25) is 0 Å². The van der Waals surface area contributed by atoms with Gasteiger partial charge in [-0.1, -0.05) is 0 Å². The van der Waals surface area contributed by atoms with E-state index in [2.05, 4.69) is 25.2 Å². The fraction of sp³-hybridized carbons (Fsp3) is 0. The van der Waals surface area contributed by atoms with Crippen LogP contribution in [-0.4, -0.2) is 12.3 Å². The summed E-state index contributed by atoms with van der Waals surface area (Å²) in [5.74, 6) is -143. The van der Waals surface area contributed by atoms with Crippen molar-refractivity contribution in [3.63, 3.8) is 0 Å². The third-order valence-electron chi connectivity index (χ3n) is 13.4. The molecule has 0 nitrogen and oxygen atoms in total. The maximum absolute atomic E-state index is 15.4. The fourth-order valence-electron chi connectivity index (χ4n) is 9.75. The molecule has 0 saturated heterocycles. The third-order valence-corrected chi connectivity index (χ3v) is 13.4. The molecule has 0 amide bonds. The van der Waals surface area contributed by atoms with Crippen LogP contribution in [0.4, 0.5) is 176 Å². The summed E-state index contributed by atoms with van der Waals surface area (Å²) in [6, 6.07) is 0. The van der Waals surface area contributed by atoms with Crippen LogP contribution in [0, 0.1) is 233 Å². The van der Waals surface area contributed by atoms with Gasteiger partial charge < -0.3 is 0 Å². The second kappa shape index (κ2) is 25.4. The van der Waals surface area contributed by atoms with Crippen LogP contribution in [0.2, 0.25) is 0 Å². The van der Waals surface area contributed by atoms with E-state index in [9.17, 15) is 105 Å². The summed E-state index contributed by atoms with van der Waals surface area (Å²) in [6.07, 6.45) is -14.4. The molecule has 0 spiro atoms. The third kappa shape index (κ3) is 9.97. The Balaban J connectivity index is 0.000000285. The van der Waals surface area contributed by atoms with Crippen LogP contribution in [-0.2, 0) is 15.1 Å². The summed E-state index contributed by atoms with van der Waals surface area (Å²) in [5, 5.41) is 0. The monoisotopic (exact) mass is 1450 g/mol. The SMILES string of the molecule is Fc1c(F)c(F)c([B-](c2c(F)c(F)c(F)c(F)c2F)(c2c(F)c(F)c(F)c(F)c2F)c2c(F)c(F)c(F)c(F)c2F)c(F)c1F.Fc1c(F)c(F)c([B-](c2c(F)c(F)c(F)c(F)c2F)(c2c(F)c(F)c(F)c(F)c2F)c2c(F)c(F)c(F)c(F)c2F)c(F)c1F.[Cl][Fe+2]. The van der Waals surface area contributed by atoms with Crippen molar-refractivity contribution in [2.75, 3.05) is 0 Å². The van der Waals surface area contributed by atoms with Crippen LogP contribution in [0.5, 0.6) is 0 Å². The average Bonchev–Trinajstić information content (AvgIpc) is 0.689. The molecule has 44 heteroatoms. The van der Waals surface area contributed by atoms with Crippen molar-refractivity contribution in [1.29, 1.82) is 0 Å². The molecule has 0 fully saturated rings. The van der Waals surface area contributed by atoms with Crippen LogP contribution in [0.15, 0.2) is 0 Å². The minimum atomic E-state index is -7.22. The Morgan fingerprint density at radius 2 is 0.152 bits per heavy atom. The van der Waals surface area contributed by atoms with Crippen molar-refractivity contribution < 1.29 is 191 Å². The van der Waals surface area contributed by atoms with Gasteiger partial charge in [-0.15, -0.1) is 43.7 Å². The Kier molecular flexibility index (Phi) is 20.2. The molecular formula is C48B2ClF40Fe. The van der Waals surface area contributed by atoms with Gasteiger partial charge >= 0.3 is 25.2 Å². The zero-order valence-corrected chi connectivity index (χ0v) is 42.9. The summed E-state index contributed by atoms with van der Waals surface area (Å²) in [4.78, 5) is 0. The van der Waals surface area contributed by atoms with E-state index in [1.165, 1.54) is 0 Å². The summed E-state index contributed by atoms with van der Waals surface area (Å²) in [7, 11) is 4.39. The van der Waals surface area contributed by atoms with Gasteiger partial charge in [0.05, 0.1) is 0 Å². The van der Waals surface area contributed by atoms with Crippen LogP contribution >= 0.6 is 10.1 Å². The Labute approximate surface area is 488 Å². The molecule has 0 radical (unpaired) electrons. The first-order valence-electron chi connectivity index (χ1n) is 22.0. The van der Waals surface area contributed by atoms with Crippen molar-refractivity contribution in [1.82, 2.24) is 0 Å². The summed E-state index contributed by atoms with van der Waals surface area (Å²) >= 11 is 2.72. The second-order valence-electron chi connectivity index (χ2n) is 17.6. The van der Waals surface area contributed by atoms with Gasteiger partial charge in [-0.2, -0.15) is 0 Å². The predicted octanol–water partition coefficient (Wildman–Crippen LogP) is 12.4. The van der Waals surface area contributed by atoms with Crippen LogP contribution in [0.1, 0.15) is 0 Å². The van der Waals surface area contributed by atoms with E-state index in [-0.39, 0.29) is 0 Å². The maximum atomic E-state index is 15.4. The first-order chi connectivity index (χ1) is 42.4. The zero-order valence-electron chi connectivity index (χ0n) is 41.0. The van der Waals surface area contributed by atoms with E-state index < -0.39 is 289 Å². The molecule has 8 rings (SSSR count). The molecule has 92 heavy (non-hydrogen) atoms.